The Labute approximate surface area is 117 Å². The first-order valence-electron chi connectivity index (χ1n) is 6.84. The van der Waals surface area contributed by atoms with Crippen molar-refractivity contribution in [1.29, 1.82) is 0 Å². The van der Waals surface area contributed by atoms with Gasteiger partial charge >= 0.3 is 0 Å². The first kappa shape index (κ1) is 13.3. The Balaban J connectivity index is 2.05. The van der Waals surface area contributed by atoms with Crippen molar-refractivity contribution in [3.8, 4) is 11.1 Å². The third-order valence-electron chi connectivity index (χ3n) is 4.34. The van der Waals surface area contributed by atoms with E-state index < -0.39 is 0 Å². The van der Waals surface area contributed by atoms with E-state index in [0.29, 0.717) is 5.56 Å². The zero-order chi connectivity index (χ0) is 14.3. The van der Waals surface area contributed by atoms with Gasteiger partial charge in [-0.05, 0) is 60.7 Å². The van der Waals surface area contributed by atoms with Crippen molar-refractivity contribution in [2.75, 3.05) is 0 Å². The molecule has 2 aromatic carbocycles. The minimum Gasteiger partial charge on any atom is -0.327 e. The maximum atomic E-state index is 14.1. The summed E-state index contributed by atoms with van der Waals surface area (Å²) in [7, 11) is 0. The molecule has 0 heterocycles. The number of nitrogens with two attached hydrogens (primary N) is 1. The van der Waals surface area contributed by atoms with E-state index >= 15 is 0 Å². The lowest BCUT2D eigenvalue weighted by Crippen LogP contribution is -2.32. The van der Waals surface area contributed by atoms with Crippen LogP contribution >= 0.6 is 0 Å². The van der Waals surface area contributed by atoms with Crippen LogP contribution in [-0.2, 0) is 5.41 Å². The van der Waals surface area contributed by atoms with Gasteiger partial charge in [-0.15, -0.1) is 0 Å². The van der Waals surface area contributed by atoms with Crippen LogP contribution in [-0.4, -0.2) is 6.04 Å². The molecule has 1 aliphatic rings. The SMILES string of the molecule is CC(N)C1(c2cc(-c3ccc(F)cc3)ccc2F)CC1. The first-order chi connectivity index (χ1) is 9.53. The molecule has 0 amide bonds. The highest BCUT2D eigenvalue weighted by Crippen LogP contribution is 2.51. The van der Waals surface area contributed by atoms with Gasteiger partial charge in [-0.1, -0.05) is 18.2 Å². The molecule has 1 nitrogen and oxygen atoms in total. The molecule has 3 rings (SSSR count). The van der Waals surface area contributed by atoms with E-state index in [4.69, 9.17) is 5.73 Å². The largest absolute Gasteiger partial charge is 0.327 e. The van der Waals surface area contributed by atoms with E-state index in [1.165, 1.54) is 18.2 Å². The molecule has 2 N–H and O–H groups in total. The molecule has 3 heteroatoms. The van der Waals surface area contributed by atoms with E-state index in [0.717, 1.165) is 24.0 Å². The summed E-state index contributed by atoms with van der Waals surface area (Å²) in [6.45, 7) is 1.93. The van der Waals surface area contributed by atoms with Crippen molar-refractivity contribution >= 4 is 0 Å². The summed E-state index contributed by atoms with van der Waals surface area (Å²) < 4.78 is 27.1. The molecule has 1 fully saturated rings. The Morgan fingerprint density at radius 3 is 2.15 bits per heavy atom. The fraction of sp³-hybridized carbons (Fsp3) is 0.294. The van der Waals surface area contributed by atoms with Crippen molar-refractivity contribution in [2.45, 2.75) is 31.2 Å². The van der Waals surface area contributed by atoms with Crippen LogP contribution in [0.2, 0.25) is 0 Å². The molecule has 0 aliphatic heterocycles. The van der Waals surface area contributed by atoms with Crippen LogP contribution in [0, 0.1) is 11.6 Å². The number of halogens is 2. The molecule has 0 saturated heterocycles. The topological polar surface area (TPSA) is 26.0 Å². The zero-order valence-electron chi connectivity index (χ0n) is 11.4. The van der Waals surface area contributed by atoms with Crippen LogP contribution in [0.3, 0.4) is 0 Å². The quantitative estimate of drug-likeness (QED) is 0.898. The van der Waals surface area contributed by atoms with Gasteiger partial charge in [0.2, 0.25) is 0 Å². The van der Waals surface area contributed by atoms with Gasteiger partial charge in [0, 0.05) is 11.5 Å². The van der Waals surface area contributed by atoms with E-state index in [2.05, 4.69) is 0 Å². The fourth-order valence-electron chi connectivity index (χ4n) is 2.83. The highest BCUT2D eigenvalue weighted by Gasteiger charge is 2.49. The predicted molar refractivity (Wildman–Crippen MR) is 76.4 cm³/mol. The molecule has 1 saturated carbocycles. The molecule has 104 valence electrons. The lowest BCUT2D eigenvalue weighted by atomic mass is 9.87. The molecular formula is C17H17F2N. The van der Waals surface area contributed by atoms with E-state index in [1.54, 1.807) is 18.2 Å². The second-order valence-electron chi connectivity index (χ2n) is 5.65. The van der Waals surface area contributed by atoms with Gasteiger partial charge in [0.15, 0.2) is 0 Å². The Bertz CT molecular complexity index is 628. The molecule has 0 spiro atoms. The summed E-state index contributed by atoms with van der Waals surface area (Å²) in [5.74, 6) is -0.476. The van der Waals surface area contributed by atoms with Crippen molar-refractivity contribution in [3.05, 3.63) is 59.7 Å². The summed E-state index contributed by atoms with van der Waals surface area (Å²) in [6.07, 6.45) is 1.85. The molecule has 1 unspecified atom stereocenters. The number of rotatable bonds is 3. The molecule has 1 aliphatic carbocycles. The third-order valence-corrected chi connectivity index (χ3v) is 4.34. The van der Waals surface area contributed by atoms with Gasteiger partial charge in [-0.2, -0.15) is 0 Å². The maximum absolute atomic E-state index is 14.1. The van der Waals surface area contributed by atoms with Gasteiger partial charge < -0.3 is 5.73 Å². The van der Waals surface area contributed by atoms with Gasteiger partial charge in [0.1, 0.15) is 11.6 Å². The lowest BCUT2D eigenvalue weighted by molar-refractivity contribution is 0.512. The average Bonchev–Trinajstić information content (AvgIpc) is 3.22. The van der Waals surface area contributed by atoms with Crippen molar-refractivity contribution in [2.24, 2.45) is 5.73 Å². The summed E-state index contributed by atoms with van der Waals surface area (Å²) in [6, 6.07) is 11.2. The Morgan fingerprint density at radius 2 is 1.60 bits per heavy atom. The average molecular weight is 273 g/mol. The molecular weight excluding hydrogens is 256 g/mol. The summed E-state index contributed by atoms with van der Waals surface area (Å²) in [5.41, 5.74) is 8.27. The van der Waals surface area contributed by atoms with Crippen LogP contribution in [0.1, 0.15) is 25.3 Å². The Morgan fingerprint density at radius 1 is 1.00 bits per heavy atom. The first-order valence-corrected chi connectivity index (χ1v) is 6.84. The minimum absolute atomic E-state index is 0.0690. The summed E-state index contributed by atoms with van der Waals surface area (Å²) in [4.78, 5) is 0. The second kappa shape index (κ2) is 4.67. The lowest BCUT2D eigenvalue weighted by Gasteiger charge is -2.21. The predicted octanol–water partition coefficient (Wildman–Crippen LogP) is 4.01. The second-order valence-corrected chi connectivity index (χ2v) is 5.65. The highest BCUT2D eigenvalue weighted by atomic mass is 19.1. The molecule has 0 bridgehead atoms. The van der Waals surface area contributed by atoms with E-state index in [9.17, 15) is 8.78 Å². The Kier molecular flexibility index (Phi) is 3.09. The molecule has 1 atom stereocenters. The third kappa shape index (κ3) is 2.12. The molecule has 0 aromatic heterocycles. The minimum atomic E-state index is -0.273. The van der Waals surface area contributed by atoms with Crippen molar-refractivity contribution in [1.82, 2.24) is 0 Å². The normalized spacial score (nSPS) is 17.8. The molecule has 20 heavy (non-hydrogen) atoms. The van der Waals surface area contributed by atoms with Gasteiger partial charge in [-0.3, -0.25) is 0 Å². The Hall–Kier alpha value is -1.74. The van der Waals surface area contributed by atoms with Crippen molar-refractivity contribution < 1.29 is 8.78 Å². The molecule has 2 aromatic rings. The van der Waals surface area contributed by atoms with Crippen LogP contribution in [0.4, 0.5) is 8.78 Å². The number of hydrogen-bond donors (Lipinski definition) is 1. The van der Waals surface area contributed by atoms with Crippen LogP contribution in [0.25, 0.3) is 11.1 Å². The zero-order valence-corrected chi connectivity index (χ0v) is 11.4. The molecule has 0 radical (unpaired) electrons. The maximum Gasteiger partial charge on any atom is 0.127 e. The smallest absolute Gasteiger partial charge is 0.127 e. The monoisotopic (exact) mass is 273 g/mol. The van der Waals surface area contributed by atoms with Crippen LogP contribution < -0.4 is 5.73 Å². The summed E-state index contributed by atoms with van der Waals surface area (Å²) >= 11 is 0. The van der Waals surface area contributed by atoms with Gasteiger partial charge in [0.25, 0.3) is 0 Å². The van der Waals surface area contributed by atoms with E-state index in [-0.39, 0.29) is 23.1 Å². The number of benzene rings is 2. The van der Waals surface area contributed by atoms with Crippen LogP contribution in [0.15, 0.2) is 42.5 Å². The van der Waals surface area contributed by atoms with Gasteiger partial charge in [0.05, 0.1) is 0 Å². The highest BCUT2D eigenvalue weighted by molar-refractivity contribution is 5.65. The van der Waals surface area contributed by atoms with E-state index in [1.807, 2.05) is 13.0 Å². The van der Waals surface area contributed by atoms with Crippen molar-refractivity contribution in [3.63, 3.8) is 0 Å². The van der Waals surface area contributed by atoms with Crippen LogP contribution in [0.5, 0.6) is 0 Å². The van der Waals surface area contributed by atoms with Gasteiger partial charge in [-0.25, -0.2) is 8.78 Å². The standard InChI is InChI=1S/C17H17F2N/c1-11(20)17(8-9-17)15-10-13(4-7-16(15)19)12-2-5-14(18)6-3-12/h2-7,10-11H,8-9,20H2,1H3. The summed E-state index contributed by atoms with van der Waals surface area (Å²) in [5, 5.41) is 0. The fourth-order valence-corrected chi connectivity index (χ4v) is 2.83. The number of hydrogen-bond acceptors (Lipinski definition) is 1.